The number of rotatable bonds is 7. The van der Waals surface area contributed by atoms with E-state index < -0.39 is 4.92 Å². The highest BCUT2D eigenvalue weighted by molar-refractivity contribution is 5.95. The Morgan fingerprint density at radius 1 is 1.07 bits per heavy atom. The molecule has 9 nitrogen and oxygen atoms in total. The standard InChI is InChI=1S/C21H25N3O6/c1-13(21(25)22-17-11-16(24(26)27)5-6-18(17)28-2)23-8-7-14-9-19(29-3)20(30-4)10-15(14)12-23/h5-6,9-11,13H,7-8,12H2,1-4H3,(H,22,25)/p+1/t13-/m1/s1. The lowest BCUT2D eigenvalue weighted by Crippen LogP contribution is -3.16. The SMILES string of the molecule is COc1ccc([N+](=O)[O-])cc1NC(=O)[C@@H](C)[NH+]1CCc2cc(OC)c(OC)cc2C1. The lowest BCUT2D eigenvalue weighted by atomic mass is 9.97. The number of carbonyl (C=O) groups excluding carboxylic acids is 1. The Morgan fingerprint density at radius 3 is 2.30 bits per heavy atom. The molecule has 2 atom stereocenters. The van der Waals surface area contributed by atoms with Gasteiger partial charge in [0.25, 0.3) is 11.6 Å². The zero-order chi connectivity index (χ0) is 21.8. The van der Waals surface area contributed by atoms with Gasteiger partial charge in [0.05, 0.1) is 38.5 Å². The number of anilines is 1. The number of hydrogen-bond acceptors (Lipinski definition) is 6. The van der Waals surface area contributed by atoms with E-state index in [0.717, 1.165) is 23.4 Å². The molecule has 30 heavy (non-hydrogen) atoms. The normalized spacial score (nSPS) is 16.2. The first-order valence-electron chi connectivity index (χ1n) is 9.59. The van der Waals surface area contributed by atoms with Gasteiger partial charge in [0.15, 0.2) is 17.5 Å². The highest BCUT2D eigenvalue weighted by Crippen LogP contribution is 2.31. The molecule has 1 unspecified atom stereocenters. The summed E-state index contributed by atoms with van der Waals surface area (Å²) in [6.07, 6.45) is 0.808. The summed E-state index contributed by atoms with van der Waals surface area (Å²) in [5, 5.41) is 13.8. The molecule has 160 valence electrons. The minimum atomic E-state index is -0.507. The Hall–Kier alpha value is -3.33. The van der Waals surface area contributed by atoms with Gasteiger partial charge >= 0.3 is 0 Å². The number of nitrogens with zero attached hydrogens (tertiary/aromatic N) is 1. The number of nitro groups is 1. The number of benzene rings is 2. The van der Waals surface area contributed by atoms with Crippen molar-refractivity contribution in [3.63, 3.8) is 0 Å². The molecule has 9 heteroatoms. The van der Waals surface area contributed by atoms with Crippen LogP contribution in [0.5, 0.6) is 17.2 Å². The largest absolute Gasteiger partial charge is 0.495 e. The van der Waals surface area contributed by atoms with E-state index in [1.165, 1.54) is 30.9 Å². The first kappa shape index (κ1) is 21.4. The molecule has 0 fully saturated rings. The van der Waals surface area contributed by atoms with E-state index >= 15 is 0 Å². The lowest BCUT2D eigenvalue weighted by molar-refractivity contribution is -0.929. The van der Waals surface area contributed by atoms with Crippen LogP contribution in [0.2, 0.25) is 0 Å². The first-order chi connectivity index (χ1) is 14.4. The van der Waals surface area contributed by atoms with Crippen LogP contribution in [0.1, 0.15) is 18.1 Å². The molecular formula is C21H26N3O6+. The molecule has 0 aromatic heterocycles. The van der Waals surface area contributed by atoms with E-state index in [1.807, 2.05) is 19.1 Å². The number of methoxy groups -OCH3 is 3. The zero-order valence-electron chi connectivity index (χ0n) is 17.5. The summed E-state index contributed by atoms with van der Waals surface area (Å²) in [5.74, 6) is 1.50. The highest BCUT2D eigenvalue weighted by Gasteiger charge is 2.30. The third-order valence-corrected chi connectivity index (χ3v) is 5.50. The molecule has 2 aromatic rings. The van der Waals surface area contributed by atoms with Gasteiger partial charge in [0.1, 0.15) is 12.3 Å². The predicted molar refractivity (Wildman–Crippen MR) is 111 cm³/mol. The van der Waals surface area contributed by atoms with E-state index in [4.69, 9.17) is 14.2 Å². The third kappa shape index (κ3) is 4.30. The van der Waals surface area contributed by atoms with Crippen molar-refractivity contribution in [2.45, 2.75) is 25.9 Å². The number of non-ortho nitro benzene ring substituents is 1. The van der Waals surface area contributed by atoms with Crippen LogP contribution in [0.4, 0.5) is 11.4 Å². The smallest absolute Gasteiger partial charge is 0.282 e. The topological polar surface area (TPSA) is 104 Å². The van der Waals surface area contributed by atoms with Crippen LogP contribution in [0.25, 0.3) is 0 Å². The fourth-order valence-corrected chi connectivity index (χ4v) is 3.69. The fraction of sp³-hybridized carbons (Fsp3) is 0.381. The zero-order valence-corrected chi connectivity index (χ0v) is 17.5. The van der Waals surface area contributed by atoms with Gasteiger partial charge in [-0.05, 0) is 30.7 Å². The Kier molecular flexibility index (Phi) is 6.41. The second-order valence-corrected chi connectivity index (χ2v) is 7.16. The Balaban J connectivity index is 1.76. The summed E-state index contributed by atoms with van der Waals surface area (Å²) in [4.78, 5) is 24.5. The van der Waals surface area contributed by atoms with E-state index in [9.17, 15) is 14.9 Å². The molecule has 1 amide bonds. The summed E-state index contributed by atoms with van der Waals surface area (Å²) in [6.45, 7) is 3.29. The Morgan fingerprint density at radius 2 is 1.70 bits per heavy atom. The van der Waals surface area contributed by atoms with Gasteiger partial charge in [-0.25, -0.2) is 0 Å². The summed E-state index contributed by atoms with van der Waals surface area (Å²) >= 11 is 0. The number of ether oxygens (including phenoxy) is 3. The van der Waals surface area contributed by atoms with Gasteiger partial charge in [-0.1, -0.05) is 0 Å². The maximum atomic E-state index is 12.9. The quantitative estimate of drug-likeness (QED) is 0.525. The summed E-state index contributed by atoms with van der Waals surface area (Å²) in [7, 11) is 4.66. The third-order valence-electron chi connectivity index (χ3n) is 5.50. The van der Waals surface area contributed by atoms with E-state index in [-0.39, 0.29) is 23.3 Å². The molecule has 0 saturated heterocycles. The van der Waals surface area contributed by atoms with E-state index in [2.05, 4.69) is 5.32 Å². The molecule has 0 saturated carbocycles. The van der Waals surface area contributed by atoms with Gasteiger partial charge in [-0.2, -0.15) is 0 Å². The number of nitrogens with one attached hydrogen (secondary N) is 2. The summed E-state index contributed by atoms with van der Waals surface area (Å²) < 4.78 is 16.0. The molecule has 2 aromatic carbocycles. The second kappa shape index (κ2) is 9.00. The number of amides is 1. The minimum absolute atomic E-state index is 0.112. The number of fused-ring (bicyclic) bond motifs is 1. The maximum absolute atomic E-state index is 12.9. The predicted octanol–water partition coefficient (Wildman–Crippen LogP) is 1.59. The van der Waals surface area contributed by atoms with Crippen LogP contribution < -0.4 is 24.4 Å². The Bertz CT molecular complexity index is 962. The van der Waals surface area contributed by atoms with E-state index in [1.54, 1.807) is 14.2 Å². The summed E-state index contributed by atoms with van der Waals surface area (Å²) in [5.41, 5.74) is 2.47. The number of carbonyl (C=O) groups is 1. The monoisotopic (exact) mass is 416 g/mol. The molecule has 1 aliphatic rings. The molecule has 0 aliphatic carbocycles. The lowest BCUT2D eigenvalue weighted by Gasteiger charge is -2.30. The van der Waals surface area contributed by atoms with Crippen molar-refractivity contribution in [1.82, 2.24) is 0 Å². The second-order valence-electron chi connectivity index (χ2n) is 7.16. The number of quaternary nitrogens is 1. The molecule has 3 rings (SSSR count). The van der Waals surface area contributed by atoms with Gasteiger partial charge in [-0.15, -0.1) is 0 Å². The van der Waals surface area contributed by atoms with Crippen molar-refractivity contribution < 1.29 is 28.8 Å². The molecule has 2 N–H and O–H groups in total. The molecular weight excluding hydrogens is 390 g/mol. The Labute approximate surface area is 174 Å². The molecule has 0 radical (unpaired) electrons. The average Bonchev–Trinajstić information content (AvgIpc) is 2.76. The molecule has 1 heterocycles. The van der Waals surface area contributed by atoms with Crippen molar-refractivity contribution in [3.8, 4) is 17.2 Å². The highest BCUT2D eigenvalue weighted by atomic mass is 16.6. The fourth-order valence-electron chi connectivity index (χ4n) is 3.69. The van der Waals surface area contributed by atoms with Crippen molar-refractivity contribution in [2.75, 3.05) is 33.2 Å². The van der Waals surface area contributed by atoms with Crippen molar-refractivity contribution in [1.29, 1.82) is 0 Å². The maximum Gasteiger partial charge on any atom is 0.282 e. The van der Waals surface area contributed by atoms with Gasteiger partial charge in [0.2, 0.25) is 0 Å². The van der Waals surface area contributed by atoms with Crippen molar-refractivity contribution in [3.05, 3.63) is 51.6 Å². The number of hydrogen-bond donors (Lipinski definition) is 2. The first-order valence-corrected chi connectivity index (χ1v) is 9.59. The van der Waals surface area contributed by atoms with Gasteiger partial charge in [-0.3, -0.25) is 14.9 Å². The van der Waals surface area contributed by atoms with Crippen molar-refractivity contribution >= 4 is 17.3 Å². The minimum Gasteiger partial charge on any atom is -0.495 e. The summed E-state index contributed by atoms with van der Waals surface area (Å²) in [6, 6.07) is 7.70. The van der Waals surface area contributed by atoms with Gasteiger partial charge in [0, 0.05) is 24.1 Å². The van der Waals surface area contributed by atoms with E-state index in [0.29, 0.717) is 23.8 Å². The number of nitro benzene ring substituents is 1. The van der Waals surface area contributed by atoms with Crippen LogP contribution in [0, 0.1) is 10.1 Å². The molecule has 0 spiro atoms. The van der Waals surface area contributed by atoms with Crippen LogP contribution in [-0.4, -0.2) is 44.7 Å². The van der Waals surface area contributed by atoms with Crippen LogP contribution in [-0.2, 0) is 17.8 Å². The van der Waals surface area contributed by atoms with Crippen molar-refractivity contribution in [2.24, 2.45) is 0 Å². The van der Waals surface area contributed by atoms with Gasteiger partial charge < -0.3 is 24.4 Å². The van der Waals surface area contributed by atoms with Crippen LogP contribution in [0.15, 0.2) is 30.3 Å². The molecule has 0 bridgehead atoms. The average molecular weight is 416 g/mol. The van der Waals surface area contributed by atoms with Crippen LogP contribution in [0.3, 0.4) is 0 Å². The molecule has 1 aliphatic heterocycles. The van der Waals surface area contributed by atoms with Crippen LogP contribution >= 0.6 is 0 Å².